The van der Waals surface area contributed by atoms with E-state index in [1.54, 1.807) is 12.4 Å². The summed E-state index contributed by atoms with van der Waals surface area (Å²) in [6, 6.07) is 7.80. The monoisotopic (exact) mass is 154 g/mol. The van der Waals surface area contributed by atoms with Crippen LogP contribution in [-0.2, 0) is 0 Å². The van der Waals surface area contributed by atoms with Gasteiger partial charge >= 0.3 is 29.6 Å². The van der Waals surface area contributed by atoms with E-state index in [4.69, 9.17) is 0 Å². The molecule has 50 valence electrons. The largest absolute Gasteiger partial charge is 0.253 e. The molecular formula is C8H7N2Na. The van der Waals surface area contributed by atoms with Crippen molar-refractivity contribution in [3.05, 3.63) is 36.7 Å². The molecule has 0 N–H and O–H groups in total. The fourth-order valence-corrected chi connectivity index (χ4v) is 0.910. The van der Waals surface area contributed by atoms with Gasteiger partial charge in [0.15, 0.2) is 0 Å². The molecule has 0 saturated carbocycles. The second-order valence-electron chi connectivity index (χ2n) is 2.05. The number of hydrogen-bond acceptors (Lipinski definition) is 2. The maximum Gasteiger partial charge on any atom is 0.0886 e. The zero-order valence-corrected chi connectivity index (χ0v) is 5.36. The molecule has 0 atom stereocenters. The summed E-state index contributed by atoms with van der Waals surface area (Å²) in [5.41, 5.74) is 1.90. The quantitative estimate of drug-likeness (QED) is 0.528. The summed E-state index contributed by atoms with van der Waals surface area (Å²) in [7, 11) is 0. The Morgan fingerprint density at radius 1 is 0.818 bits per heavy atom. The fraction of sp³-hybridized carbons (Fsp3) is 0. The predicted octanol–water partition coefficient (Wildman–Crippen LogP) is 0.981. The third kappa shape index (κ3) is 1.77. The first-order valence-corrected chi connectivity index (χ1v) is 3.12. The van der Waals surface area contributed by atoms with Gasteiger partial charge in [-0.25, -0.2) is 0 Å². The molecule has 0 spiro atoms. The second kappa shape index (κ2) is 3.81. The molecule has 0 saturated heterocycles. The van der Waals surface area contributed by atoms with Crippen LogP contribution in [0.1, 0.15) is 0 Å². The van der Waals surface area contributed by atoms with E-state index in [1.807, 2.05) is 24.3 Å². The van der Waals surface area contributed by atoms with Crippen molar-refractivity contribution in [2.24, 2.45) is 0 Å². The first-order chi connectivity index (χ1) is 4.97. The molecule has 0 aliphatic rings. The van der Waals surface area contributed by atoms with Crippen molar-refractivity contribution in [2.75, 3.05) is 0 Å². The topological polar surface area (TPSA) is 25.8 Å². The number of benzene rings is 1. The maximum atomic E-state index is 4.12. The molecule has 0 radical (unpaired) electrons. The minimum Gasteiger partial charge on any atom is -0.253 e. The van der Waals surface area contributed by atoms with Crippen LogP contribution in [0.3, 0.4) is 0 Å². The van der Waals surface area contributed by atoms with Gasteiger partial charge in [0.25, 0.3) is 0 Å². The normalized spacial score (nSPS) is 9.09. The Kier molecular flexibility index (Phi) is 3.00. The summed E-state index contributed by atoms with van der Waals surface area (Å²) in [6.45, 7) is 0. The maximum absolute atomic E-state index is 4.12. The average molecular weight is 154 g/mol. The molecule has 0 fully saturated rings. The molecular weight excluding hydrogens is 147 g/mol. The van der Waals surface area contributed by atoms with E-state index >= 15 is 0 Å². The van der Waals surface area contributed by atoms with Gasteiger partial charge in [-0.05, 0) is 12.1 Å². The third-order valence-corrected chi connectivity index (χ3v) is 1.38. The summed E-state index contributed by atoms with van der Waals surface area (Å²) < 4.78 is 0. The molecule has 0 unspecified atom stereocenters. The van der Waals surface area contributed by atoms with Crippen molar-refractivity contribution in [1.82, 2.24) is 9.97 Å². The molecule has 11 heavy (non-hydrogen) atoms. The van der Waals surface area contributed by atoms with Crippen LogP contribution < -0.4 is 0 Å². The van der Waals surface area contributed by atoms with E-state index in [0.717, 1.165) is 11.0 Å². The molecule has 2 aromatic rings. The van der Waals surface area contributed by atoms with Crippen LogP contribution >= 0.6 is 0 Å². The summed E-state index contributed by atoms with van der Waals surface area (Å²) in [5, 5.41) is 0. The van der Waals surface area contributed by atoms with Crippen molar-refractivity contribution < 1.29 is 0 Å². The van der Waals surface area contributed by atoms with E-state index in [0.29, 0.717) is 0 Å². The Bertz CT molecular complexity index is 283. The molecule has 2 rings (SSSR count). The first-order valence-electron chi connectivity index (χ1n) is 3.12. The number of hydrogen-bond donors (Lipinski definition) is 0. The number of fused-ring (bicyclic) bond motifs is 1. The Morgan fingerprint density at radius 2 is 1.27 bits per heavy atom. The summed E-state index contributed by atoms with van der Waals surface area (Å²) in [4.78, 5) is 8.24. The number of rotatable bonds is 0. The smallest absolute Gasteiger partial charge is 0.0886 e. The first kappa shape index (κ1) is 8.65. The SMILES string of the molecule is [NaH].c1ccc2nccnc2c1. The van der Waals surface area contributed by atoms with E-state index < -0.39 is 0 Å². The van der Waals surface area contributed by atoms with Crippen LogP contribution in [0, 0.1) is 0 Å². The van der Waals surface area contributed by atoms with E-state index in [1.165, 1.54) is 0 Å². The summed E-state index contributed by atoms with van der Waals surface area (Å²) in [6.07, 6.45) is 3.39. The van der Waals surface area contributed by atoms with Crippen LogP contribution in [0.2, 0.25) is 0 Å². The van der Waals surface area contributed by atoms with Crippen LogP contribution in [0.5, 0.6) is 0 Å². The van der Waals surface area contributed by atoms with Crippen molar-refractivity contribution in [3.8, 4) is 0 Å². The van der Waals surface area contributed by atoms with Gasteiger partial charge in [-0.3, -0.25) is 9.97 Å². The third-order valence-electron chi connectivity index (χ3n) is 1.38. The molecule has 3 heteroatoms. The van der Waals surface area contributed by atoms with Gasteiger partial charge in [0, 0.05) is 12.4 Å². The van der Waals surface area contributed by atoms with E-state index in [9.17, 15) is 0 Å². The van der Waals surface area contributed by atoms with Gasteiger partial charge < -0.3 is 0 Å². The standard InChI is InChI=1S/C8H6N2.Na.H/c1-2-4-8-7(3-1)9-5-6-10-8;;/h1-6H;;. The van der Waals surface area contributed by atoms with E-state index in [2.05, 4.69) is 9.97 Å². The van der Waals surface area contributed by atoms with E-state index in [-0.39, 0.29) is 29.6 Å². The Hall–Kier alpha value is -0.440. The van der Waals surface area contributed by atoms with Crippen molar-refractivity contribution in [3.63, 3.8) is 0 Å². The molecule has 2 nitrogen and oxygen atoms in total. The molecule has 0 bridgehead atoms. The number of para-hydroxylation sites is 2. The molecule has 0 amide bonds. The number of nitrogens with zero attached hydrogens (tertiary/aromatic N) is 2. The van der Waals surface area contributed by atoms with Crippen molar-refractivity contribution in [1.29, 1.82) is 0 Å². The van der Waals surface area contributed by atoms with Crippen LogP contribution in [0.15, 0.2) is 36.7 Å². The molecule has 1 aromatic carbocycles. The summed E-state index contributed by atoms with van der Waals surface area (Å²) in [5.74, 6) is 0. The average Bonchev–Trinajstić information content (AvgIpc) is 2.05. The van der Waals surface area contributed by atoms with Gasteiger partial charge in [0.2, 0.25) is 0 Å². The number of aromatic nitrogens is 2. The Morgan fingerprint density at radius 3 is 1.73 bits per heavy atom. The van der Waals surface area contributed by atoms with Crippen LogP contribution in [-0.4, -0.2) is 39.5 Å². The van der Waals surface area contributed by atoms with Gasteiger partial charge in [-0.15, -0.1) is 0 Å². The van der Waals surface area contributed by atoms with Crippen LogP contribution in [0.25, 0.3) is 11.0 Å². The molecule has 1 aromatic heterocycles. The van der Waals surface area contributed by atoms with Gasteiger partial charge in [0.05, 0.1) is 11.0 Å². The minimum atomic E-state index is 0. The zero-order valence-electron chi connectivity index (χ0n) is 5.36. The zero-order chi connectivity index (χ0) is 6.81. The van der Waals surface area contributed by atoms with Gasteiger partial charge in [-0.2, -0.15) is 0 Å². The van der Waals surface area contributed by atoms with Crippen molar-refractivity contribution in [2.45, 2.75) is 0 Å². The Balaban J connectivity index is 0.000000605. The second-order valence-corrected chi connectivity index (χ2v) is 2.05. The molecule has 0 aliphatic carbocycles. The van der Waals surface area contributed by atoms with Crippen molar-refractivity contribution >= 4 is 40.6 Å². The predicted molar refractivity (Wildman–Crippen MR) is 46.7 cm³/mol. The van der Waals surface area contributed by atoms with Gasteiger partial charge in [-0.1, -0.05) is 12.1 Å². The summed E-state index contributed by atoms with van der Waals surface area (Å²) >= 11 is 0. The molecule has 1 heterocycles. The van der Waals surface area contributed by atoms with Crippen LogP contribution in [0.4, 0.5) is 0 Å². The Labute approximate surface area is 87.0 Å². The molecule has 0 aliphatic heterocycles. The van der Waals surface area contributed by atoms with Gasteiger partial charge in [0.1, 0.15) is 0 Å². The fourth-order valence-electron chi connectivity index (χ4n) is 0.910. The minimum absolute atomic E-state index is 0.